The van der Waals surface area contributed by atoms with Gasteiger partial charge in [0.2, 0.25) is 0 Å². The Hall–Kier alpha value is -3.87. The highest BCUT2D eigenvalue weighted by Gasteiger charge is 2.48. The third kappa shape index (κ3) is 3.57. The first kappa shape index (κ1) is 19.4. The second kappa shape index (κ2) is 7.51. The molecule has 7 heteroatoms. The van der Waals surface area contributed by atoms with Gasteiger partial charge in [-0.15, -0.1) is 0 Å². The number of rotatable bonds is 5. The van der Waals surface area contributed by atoms with Crippen LogP contribution in [0.2, 0.25) is 0 Å². The molecular weight excluding hydrogens is 382 g/mol. The van der Waals surface area contributed by atoms with E-state index in [9.17, 15) is 14.4 Å². The number of H-pyrrole nitrogens is 1. The number of carbonyl (C=O) groups excluding carboxylic acids is 2. The summed E-state index contributed by atoms with van der Waals surface area (Å²) in [7, 11) is 0. The quantitative estimate of drug-likeness (QED) is 0.570. The highest BCUT2D eigenvalue weighted by atomic mass is 16.5. The third-order valence-electron chi connectivity index (χ3n) is 5.32. The van der Waals surface area contributed by atoms with E-state index < -0.39 is 17.5 Å². The highest BCUT2D eigenvalue weighted by molar-refractivity contribution is 6.07. The van der Waals surface area contributed by atoms with Gasteiger partial charge in [0.15, 0.2) is 5.54 Å². The van der Waals surface area contributed by atoms with Gasteiger partial charge in [0.05, 0.1) is 0 Å². The zero-order valence-corrected chi connectivity index (χ0v) is 16.6. The van der Waals surface area contributed by atoms with Crippen LogP contribution in [0.3, 0.4) is 0 Å². The minimum absolute atomic E-state index is 0.151. The van der Waals surface area contributed by atoms with Crippen LogP contribution in [0.5, 0.6) is 11.5 Å². The summed E-state index contributed by atoms with van der Waals surface area (Å²) in [6.45, 7) is 3.69. The smallest absolute Gasteiger partial charge is 0.322 e. The summed E-state index contributed by atoms with van der Waals surface area (Å²) in [6.07, 6.45) is 1.68. The number of pyridine rings is 1. The molecule has 0 spiro atoms. The molecule has 0 bridgehead atoms. The fourth-order valence-corrected chi connectivity index (χ4v) is 3.55. The lowest BCUT2D eigenvalue weighted by Gasteiger charge is -2.27. The van der Waals surface area contributed by atoms with Gasteiger partial charge in [-0.2, -0.15) is 0 Å². The van der Waals surface area contributed by atoms with Gasteiger partial charge >= 0.3 is 6.03 Å². The number of hydrogen-bond donors (Lipinski definition) is 3. The molecule has 0 aliphatic carbocycles. The van der Waals surface area contributed by atoms with Gasteiger partial charge in [-0.1, -0.05) is 29.8 Å². The molecule has 3 aromatic rings. The van der Waals surface area contributed by atoms with E-state index >= 15 is 0 Å². The van der Waals surface area contributed by atoms with Gasteiger partial charge in [0, 0.05) is 18.2 Å². The number of hydrogen-bond acceptors (Lipinski definition) is 4. The van der Waals surface area contributed by atoms with Crippen molar-refractivity contribution >= 4 is 11.9 Å². The van der Waals surface area contributed by atoms with E-state index in [0.29, 0.717) is 28.2 Å². The Morgan fingerprint density at radius 3 is 2.10 bits per heavy atom. The molecule has 2 aromatic carbocycles. The van der Waals surface area contributed by atoms with Gasteiger partial charge in [-0.3, -0.25) is 14.9 Å². The molecule has 1 aliphatic rings. The fraction of sp³-hybridized carbons (Fsp3) is 0.174. The summed E-state index contributed by atoms with van der Waals surface area (Å²) < 4.78 is 5.85. The van der Waals surface area contributed by atoms with Gasteiger partial charge in [-0.25, -0.2) is 4.79 Å². The summed E-state index contributed by atoms with van der Waals surface area (Å²) in [6, 6.07) is 15.8. The average molecular weight is 403 g/mol. The lowest BCUT2D eigenvalue weighted by Crippen LogP contribution is -2.46. The van der Waals surface area contributed by atoms with Crippen LogP contribution in [-0.4, -0.2) is 16.9 Å². The van der Waals surface area contributed by atoms with E-state index in [1.165, 1.54) is 6.20 Å². The number of aryl methyl sites for hydroxylation is 1. The molecule has 0 radical (unpaired) electrons. The van der Waals surface area contributed by atoms with Crippen LogP contribution in [0.1, 0.15) is 22.3 Å². The van der Waals surface area contributed by atoms with Crippen LogP contribution in [0.4, 0.5) is 4.79 Å². The molecule has 7 nitrogen and oxygen atoms in total. The molecule has 30 heavy (non-hydrogen) atoms. The monoisotopic (exact) mass is 403 g/mol. The Labute approximate surface area is 173 Å². The number of nitrogens with one attached hydrogen (secondary N) is 3. The Bertz CT molecular complexity index is 1170. The maximum atomic E-state index is 12.8. The molecule has 152 valence electrons. The normalized spacial score (nSPS) is 18.1. The number of aromatic nitrogens is 1. The zero-order valence-electron chi connectivity index (χ0n) is 16.6. The summed E-state index contributed by atoms with van der Waals surface area (Å²) in [5.74, 6) is 0.850. The summed E-state index contributed by atoms with van der Waals surface area (Å²) in [5, 5.41) is 5.07. The molecule has 1 saturated heterocycles. The number of imide groups is 1. The van der Waals surface area contributed by atoms with Crippen molar-refractivity contribution < 1.29 is 14.3 Å². The molecule has 4 rings (SSSR count). The first-order valence-electron chi connectivity index (χ1n) is 9.53. The van der Waals surface area contributed by atoms with Crippen molar-refractivity contribution in [2.45, 2.75) is 25.8 Å². The minimum Gasteiger partial charge on any atom is -0.457 e. The van der Waals surface area contributed by atoms with Crippen LogP contribution < -0.4 is 20.9 Å². The molecular formula is C23H21N3O4. The highest BCUT2D eigenvalue weighted by Crippen LogP contribution is 2.32. The van der Waals surface area contributed by atoms with Crippen LogP contribution in [0, 0.1) is 13.8 Å². The molecule has 1 atom stereocenters. The number of carbonyl (C=O) groups is 2. The molecule has 1 aromatic heterocycles. The molecule has 3 N–H and O–H groups in total. The Morgan fingerprint density at radius 2 is 1.50 bits per heavy atom. The fourth-order valence-electron chi connectivity index (χ4n) is 3.55. The third-order valence-corrected chi connectivity index (χ3v) is 5.32. The van der Waals surface area contributed by atoms with E-state index in [1.54, 1.807) is 37.3 Å². The summed E-state index contributed by atoms with van der Waals surface area (Å²) in [5.41, 5.74) is 1.38. The number of benzene rings is 2. The van der Waals surface area contributed by atoms with Crippen LogP contribution in [0.15, 0.2) is 65.6 Å². The lowest BCUT2D eigenvalue weighted by molar-refractivity contribution is -0.124. The molecule has 1 fully saturated rings. The molecule has 1 aliphatic heterocycles. The van der Waals surface area contributed by atoms with Crippen LogP contribution in [-0.2, 0) is 16.8 Å². The molecule has 3 amide bonds. The zero-order chi connectivity index (χ0) is 21.3. The second-order valence-electron chi connectivity index (χ2n) is 7.39. The van der Waals surface area contributed by atoms with Crippen molar-refractivity contribution in [3.05, 3.63) is 93.4 Å². The van der Waals surface area contributed by atoms with Crippen LogP contribution in [0.25, 0.3) is 0 Å². The maximum Gasteiger partial charge on any atom is 0.322 e. The van der Waals surface area contributed by atoms with Crippen molar-refractivity contribution in [3.63, 3.8) is 0 Å². The van der Waals surface area contributed by atoms with E-state index in [2.05, 4.69) is 15.6 Å². The SMILES string of the molecule is Cc1ccc(Oc2ccc(C3(Cc4cc[nH]c(=O)c4C)NC(=O)NC3=O)cc2)cc1. The summed E-state index contributed by atoms with van der Waals surface area (Å²) in [4.78, 5) is 39.4. The predicted octanol–water partition coefficient (Wildman–Crippen LogP) is 3.06. The van der Waals surface area contributed by atoms with Crippen molar-refractivity contribution in [1.82, 2.24) is 15.6 Å². The van der Waals surface area contributed by atoms with Crippen molar-refractivity contribution in [1.29, 1.82) is 0 Å². The van der Waals surface area contributed by atoms with Gasteiger partial charge in [-0.05, 0) is 55.3 Å². The topological polar surface area (TPSA) is 100 Å². The van der Waals surface area contributed by atoms with E-state index in [4.69, 9.17) is 4.74 Å². The minimum atomic E-state index is -1.31. The number of urea groups is 1. The molecule has 0 saturated carbocycles. The number of aromatic amines is 1. The molecule has 1 unspecified atom stereocenters. The number of amides is 3. The van der Waals surface area contributed by atoms with E-state index in [1.807, 2.05) is 31.2 Å². The standard InChI is InChI=1S/C23H21N3O4/c1-14-3-7-18(8-4-14)30-19-9-5-17(6-10-19)23(21(28)25-22(29)26-23)13-16-11-12-24-20(27)15(16)2/h3-12H,13H2,1-2H3,(H,24,27)(H2,25,26,28,29). The summed E-state index contributed by atoms with van der Waals surface area (Å²) >= 11 is 0. The van der Waals surface area contributed by atoms with Crippen molar-refractivity contribution in [2.24, 2.45) is 0 Å². The Kier molecular flexibility index (Phi) is 4.87. The van der Waals surface area contributed by atoms with Gasteiger partial charge in [0.1, 0.15) is 11.5 Å². The second-order valence-corrected chi connectivity index (χ2v) is 7.39. The van der Waals surface area contributed by atoms with Gasteiger partial charge in [0.25, 0.3) is 11.5 Å². The average Bonchev–Trinajstić information content (AvgIpc) is 3.01. The first-order chi connectivity index (χ1) is 14.4. The first-order valence-corrected chi connectivity index (χ1v) is 9.53. The van der Waals surface area contributed by atoms with Gasteiger partial charge < -0.3 is 15.0 Å². The largest absolute Gasteiger partial charge is 0.457 e. The number of ether oxygens (including phenoxy) is 1. The van der Waals surface area contributed by atoms with E-state index in [0.717, 1.165) is 5.56 Å². The predicted molar refractivity (Wildman–Crippen MR) is 112 cm³/mol. The molecule has 2 heterocycles. The Morgan fingerprint density at radius 1 is 0.867 bits per heavy atom. The van der Waals surface area contributed by atoms with Crippen molar-refractivity contribution in [3.8, 4) is 11.5 Å². The Balaban J connectivity index is 1.67. The maximum absolute atomic E-state index is 12.8. The van der Waals surface area contributed by atoms with Crippen LogP contribution >= 0.6 is 0 Å². The lowest BCUT2D eigenvalue weighted by atomic mass is 9.83. The van der Waals surface area contributed by atoms with Crippen molar-refractivity contribution in [2.75, 3.05) is 0 Å². The van der Waals surface area contributed by atoms with E-state index in [-0.39, 0.29) is 12.0 Å².